The average Bonchev–Trinajstić information content (AvgIpc) is 2.59. The molecule has 1 saturated heterocycles. The molecule has 4 nitrogen and oxygen atoms in total. The second-order valence-corrected chi connectivity index (χ2v) is 4.95. The highest BCUT2D eigenvalue weighted by Crippen LogP contribution is 2.25. The molecule has 0 aliphatic carbocycles. The first-order valence-electron chi connectivity index (χ1n) is 6.66. The standard InChI is InChI=1S/C13H26N2O2/c1-5-11-14-13(3,6-2)12(16)15(11)9-7-8-10-17-4/h11,14H,5-10H2,1-4H3. The summed E-state index contributed by atoms with van der Waals surface area (Å²) in [6, 6.07) is 0. The van der Waals surface area contributed by atoms with E-state index in [2.05, 4.69) is 19.2 Å². The molecule has 1 aliphatic heterocycles. The van der Waals surface area contributed by atoms with Gasteiger partial charge in [0.1, 0.15) is 0 Å². The number of hydrogen-bond donors (Lipinski definition) is 1. The predicted octanol–water partition coefficient (Wildman–Crippen LogP) is 1.75. The number of methoxy groups -OCH3 is 1. The van der Waals surface area contributed by atoms with Crippen molar-refractivity contribution in [2.45, 2.75) is 58.2 Å². The van der Waals surface area contributed by atoms with Gasteiger partial charge in [0, 0.05) is 20.3 Å². The van der Waals surface area contributed by atoms with E-state index in [0.717, 1.165) is 38.8 Å². The van der Waals surface area contributed by atoms with Crippen LogP contribution in [0, 0.1) is 0 Å². The molecule has 0 saturated carbocycles. The molecule has 1 amide bonds. The summed E-state index contributed by atoms with van der Waals surface area (Å²) >= 11 is 0. The van der Waals surface area contributed by atoms with E-state index in [9.17, 15) is 4.79 Å². The van der Waals surface area contributed by atoms with Crippen molar-refractivity contribution in [2.24, 2.45) is 0 Å². The zero-order valence-electron chi connectivity index (χ0n) is 11.6. The van der Waals surface area contributed by atoms with Crippen LogP contribution >= 0.6 is 0 Å². The van der Waals surface area contributed by atoms with Crippen LogP contribution in [-0.4, -0.2) is 42.8 Å². The molecule has 2 unspecified atom stereocenters. The van der Waals surface area contributed by atoms with E-state index in [0.29, 0.717) is 0 Å². The van der Waals surface area contributed by atoms with Crippen molar-refractivity contribution in [1.29, 1.82) is 0 Å². The van der Waals surface area contributed by atoms with Gasteiger partial charge in [0.05, 0.1) is 11.7 Å². The molecule has 1 fully saturated rings. The first-order chi connectivity index (χ1) is 8.09. The molecule has 100 valence electrons. The number of nitrogens with one attached hydrogen (secondary N) is 1. The minimum Gasteiger partial charge on any atom is -0.385 e. The Hall–Kier alpha value is -0.610. The lowest BCUT2D eigenvalue weighted by Gasteiger charge is -2.23. The van der Waals surface area contributed by atoms with Gasteiger partial charge < -0.3 is 9.64 Å². The smallest absolute Gasteiger partial charge is 0.243 e. The van der Waals surface area contributed by atoms with Crippen LogP contribution in [0.5, 0.6) is 0 Å². The molecular weight excluding hydrogens is 216 g/mol. The Bertz CT molecular complexity index is 258. The quantitative estimate of drug-likeness (QED) is 0.692. The van der Waals surface area contributed by atoms with Gasteiger partial charge in [0.15, 0.2) is 0 Å². The summed E-state index contributed by atoms with van der Waals surface area (Å²) in [5.41, 5.74) is -0.359. The fourth-order valence-corrected chi connectivity index (χ4v) is 2.33. The van der Waals surface area contributed by atoms with Crippen LogP contribution in [0.2, 0.25) is 0 Å². The van der Waals surface area contributed by atoms with Crippen molar-refractivity contribution >= 4 is 5.91 Å². The summed E-state index contributed by atoms with van der Waals surface area (Å²) in [6.07, 6.45) is 4.04. The molecule has 17 heavy (non-hydrogen) atoms. The lowest BCUT2D eigenvalue weighted by Crippen LogP contribution is -2.43. The molecule has 0 aromatic carbocycles. The Morgan fingerprint density at radius 2 is 2.12 bits per heavy atom. The fourth-order valence-electron chi connectivity index (χ4n) is 2.33. The van der Waals surface area contributed by atoms with Gasteiger partial charge in [0.2, 0.25) is 5.91 Å². The summed E-state index contributed by atoms with van der Waals surface area (Å²) < 4.78 is 5.03. The van der Waals surface area contributed by atoms with Gasteiger partial charge in [0.25, 0.3) is 0 Å². The van der Waals surface area contributed by atoms with Crippen molar-refractivity contribution < 1.29 is 9.53 Å². The molecule has 0 aromatic heterocycles. The first kappa shape index (κ1) is 14.5. The maximum absolute atomic E-state index is 12.3. The lowest BCUT2D eigenvalue weighted by molar-refractivity contribution is -0.133. The van der Waals surface area contributed by atoms with Crippen LogP contribution in [0.15, 0.2) is 0 Å². The maximum Gasteiger partial charge on any atom is 0.243 e. The van der Waals surface area contributed by atoms with Crippen molar-refractivity contribution in [1.82, 2.24) is 10.2 Å². The largest absolute Gasteiger partial charge is 0.385 e. The van der Waals surface area contributed by atoms with Crippen molar-refractivity contribution in [2.75, 3.05) is 20.3 Å². The maximum atomic E-state index is 12.3. The van der Waals surface area contributed by atoms with Crippen molar-refractivity contribution in [3.05, 3.63) is 0 Å². The van der Waals surface area contributed by atoms with E-state index in [1.807, 2.05) is 11.8 Å². The highest BCUT2D eigenvalue weighted by Gasteiger charge is 2.45. The van der Waals surface area contributed by atoms with Crippen LogP contribution in [0.25, 0.3) is 0 Å². The monoisotopic (exact) mass is 242 g/mol. The van der Waals surface area contributed by atoms with Gasteiger partial charge in [-0.1, -0.05) is 13.8 Å². The summed E-state index contributed by atoms with van der Waals surface area (Å²) in [7, 11) is 1.71. The third kappa shape index (κ3) is 3.19. The molecule has 1 aliphatic rings. The molecule has 4 heteroatoms. The van der Waals surface area contributed by atoms with Gasteiger partial charge in [-0.2, -0.15) is 0 Å². The molecule has 0 radical (unpaired) electrons. The Morgan fingerprint density at radius 1 is 1.41 bits per heavy atom. The summed E-state index contributed by atoms with van der Waals surface area (Å²) in [4.78, 5) is 14.3. The van der Waals surface area contributed by atoms with Crippen LogP contribution < -0.4 is 5.32 Å². The minimum absolute atomic E-state index is 0.204. The molecule has 0 aromatic rings. The first-order valence-corrected chi connectivity index (χ1v) is 6.66. The van der Waals surface area contributed by atoms with Crippen molar-refractivity contribution in [3.8, 4) is 0 Å². The zero-order chi connectivity index (χ0) is 12.9. The topological polar surface area (TPSA) is 41.6 Å². The van der Waals surface area contributed by atoms with Gasteiger partial charge in [-0.25, -0.2) is 0 Å². The van der Waals surface area contributed by atoms with Crippen LogP contribution in [-0.2, 0) is 9.53 Å². The Labute approximate surface area is 105 Å². The molecule has 1 heterocycles. The van der Waals surface area contributed by atoms with E-state index in [1.54, 1.807) is 7.11 Å². The van der Waals surface area contributed by atoms with E-state index in [1.165, 1.54) is 0 Å². The molecule has 1 rings (SSSR count). The minimum atomic E-state index is -0.359. The Morgan fingerprint density at radius 3 is 2.65 bits per heavy atom. The van der Waals surface area contributed by atoms with Gasteiger partial charge in [-0.3, -0.25) is 10.1 Å². The van der Waals surface area contributed by atoms with Crippen molar-refractivity contribution in [3.63, 3.8) is 0 Å². The van der Waals surface area contributed by atoms with Crippen LogP contribution in [0.3, 0.4) is 0 Å². The second kappa shape index (κ2) is 6.36. The third-order valence-electron chi connectivity index (χ3n) is 3.69. The highest BCUT2D eigenvalue weighted by atomic mass is 16.5. The SMILES string of the molecule is CCC1NC(C)(CC)C(=O)N1CCCCOC. The molecule has 2 atom stereocenters. The summed E-state index contributed by atoms with van der Waals surface area (Å²) in [5, 5.41) is 3.45. The third-order valence-corrected chi connectivity index (χ3v) is 3.69. The molecule has 1 N–H and O–H groups in total. The predicted molar refractivity (Wildman–Crippen MR) is 68.7 cm³/mol. The lowest BCUT2D eigenvalue weighted by atomic mass is 9.99. The molecular formula is C13H26N2O2. The molecule has 0 spiro atoms. The number of unbranched alkanes of at least 4 members (excludes halogenated alkanes) is 1. The van der Waals surface area contributed by atoms with Gasteiger partial charge in [-0.15, -0.1) is 0 Å². The van der Waals surface area contributed by atoms with E-state index in [4.69, 9.17) is 4.74 Å². The van der Waals surface area contributed by atoms with E-state index in [-0.39, 0.29) is 17.6 Å². The number of ether oxygens (including phenoxy) is 1. The zero-order valence-corrected chi connectivity index (χ0v) is 11.6. The Balaban J connectivity index is 2.54. The number of amides is 1. The number of hydrogen-bond acceptors (Lipinski definition) is 3. The number of carbonyl (C=O) groups excluding carboxylic acids is 1. The summed E-state index contributed by atoms with van der Waals surface area (Å²) in [6.45, 7) is 7.80. The normalized spacial score (nSPS) is 29.1. The van der Waals surface area contributed by atoms with E-state index < -0.39 is 0 Å². The van der Waals surface area contributed by atoms with Crippen LogP contribution in [0.1, 0.15) is 46.5 Å². The summed E-state index contributed by atoms with van der Waals surface area (Å²) in [5.74, 6) is 0.254. The van der Waals surface area contributed by atoms with E-state index >= 15 is 0 Å². The second-order valence-electron chi connectivity index (χ2n) is 4.95. The Kier molecular flexibility index (Phi) is 5.40. The number of rotatable bonds is 7. The number of nitrogens with zero attached hydrogens (tertiary/aromatic N) is 1. The number of carbonyl (C=O) groups is 1. The van der Waals surface area contributed by atoms with Crippen LogP contribution in [0.4, 0.5) is 0 Å². The highest BCUT2D eigenvalue weighted by molar-refractivity contribution is 5.88. The van der Waals surface area contributed by atoms with Gasteiger partial charge >= 0.3 is 0 Å². The fraction of sp³-hybridized carbons (Fsp3) is 0.923. The molecule has 0 bridgehead atoms. The average molecular weight is 242 g/mol. The van der Waals surface area contributed by atoms with Gasteiger partial charge in [-0.05, 0) is 32.6 Å².